The average Bonchev–Trinajstić information content (AvgIpc) is 2.58. The number of halogens is 1. The molecule has 0 bridgehead atoms. The number of hydrogen-bond donors (Lipinski definition) is 0. The van der Waals surface area contributed by atoms with Gasteiger partial charge in [-0.05, 0) is 50.2 Å². The number of thiophene rings is 1. The van der Waals surface area contributed by atoms with Gasteiger partial charge in [-0.1, -0.05) is 19.8 Å². The fourth-order valence-electron chi connectivity index (χ4n) is 2.73. The molecule has 1 aromatic rings. The quantitative estimate of drug-likeness (QED) is 0.616. The van der Waals surface area contributed by atoms with Crippen LogP contribution in [-0.4, -0.2) is 0 Å². The van der Waals surface area contributed by atoms with Crippen molar-refractivity contribution in [2.75, 3.05) is 0 Å². The molecule has 1 aliphatic rings. The summed E-state index contributed by atoms with van der Waals surface area (Å²) in [5.41, 5.74) is 1.39. The highest BCUT2D eigenvalue weighted by atomic mass is 35.5. The van der Waals surface area contributed by atoms with Crippen LogP contribution in [0.15, 0.2) is 6.07 Å². The van der Waals surface area contributed by atoms with E-state index in [1.807, 2.05) is 11.3 Å². The third-order valence-corrected chi connectivity index (χ3v) is 5.74. The van der Waals surface area contributed by atoms with E-state index >= 15 is 0 Å². The Hall–Kier alpha value is -0.0100. The molecular weight excluding hydrogens is 236 g/mol. The summed E-state index contributed by atoms with van der Waals surface area (Å²) in [5, 5.41) is 0.256. The molecule has 0 radical (unpaired) electrons. The van der Waals surface area contributed by atoms with Crippen molar-refractivity contribution in [2.45, 2.75) is 51.8 Å². The van der Waals surface area contributed by atoms with E-state index in [0.717, 1.165) is 5.92 Å². The molecule has 1 atom stereocenters. The Bertz CT molecular complexity index is 348. The van der Waals surface area contributed by atoms with Gasteiger partial charge in [0.2, 0.25) is 0 Å². The smallest absolute Gasteiger partial charge is 0.0709 e. The third kappa shape index (κ3) is 2.62. The second-order valence-electron chi connectivity index (χ2n) is 5.33. The van der Waals surface area contributed by atoms with Crippen LogP contribution in [0.2, 0.25) is 0 Å². The van der Waals surface area contributed by atoms with Crippen LogP contribution < -0.4 is 0 Å². The fourth-order valence-corrected chi connectivity index (χ4v) is 4.39. The van der Waals surface area contributed by atoms with Crippen molar-refractivity contribution in [3.05, 3.63) is 21.4 Å². The second kappa shape index (κ2) is 5.10. The molecule has 0 saturated heterocycles. The first kappa shape index (κ1) is 12.4. The summed E-state index contributed by atoms with van der Waals surface area (Å²) in [6.07, 6.45) is 5.34. The van der Waals surface area contributed by atoms with Crippen molar-refractivity contribution in [3.8, 4) is 0 Å². The van der Waals surface area contributed by atoms with Gasteiger partial charge < -0.3 is 0 Å². The first-order valence-corrected chi connectivity index (χ1v) is 7.54. The van der Waals surface area contributed by atoms with Crippen LogP contribution >= 0.6 is 22.9 Å². The first-order chi connectivity index (χ1) is 7.58. The van der Waals surface area contributed by atoms with E-state index in [1.165, 1.54) is 41.0 Å². The summed E-state index contributed by atoms with van der Waals surface area (Å²) in [6, 6.07) is 2.26. The third-order valence-electron chi connectivity index (χ3n) is 3.80. The van der Waals surface area contributed by atoms with Crippen LogP contribution in [0.25, 0.3) is 0 Å². The SMILES string of the molecule is Cc1cc(C)c(C(Cl)C2CCC(C)CC2)s1. The summed E-state index contributed by atoms with van der Waals surface area (Å²) < 4.78 is 0. The number of rotatable bonds is 2. The van der Waals surface area contributed by atoms with Gasteiger partial charge in [0, 0.05) is 9.75 Å². The van der Waals surface area contributed by atoms with Crippen molar-refractivity contribution in [1.29, 1.82) is 0 Å². The van der Waals surface area contributed by atoms with E-state index in [9.17, 15) is 0 Å². The van der Waals surface area contributed by atoms with Crippen LogP contribution in [0.5, 0.6) is 0 Å². The molecule has 2 heteroatoms. The first-order valence-electron chi connectivity index (χ1n) is 6.29. The van der Waals surface area contributed by atoms with Crippen molar-refractivity contribution < 1.29 is 0 Å². The molecule has 1 fully saturated rings. The molecule has 0 aliphatic heterocycles. The molecule has 0 N–H and O–H groups in total. The van der Waals surface area contributed by atoms with Crippen LogP contribution in [-0.2, 0) is 0 Å². The molecule has 90 valence electrons. The summed E-state index contributed by atoms with van der Waals surface area (Å²) >= 11 is 8.55. The number of alkyl halides is 1. The molecule has 0 spiro atoms. The van der Waals surface area contributed by atoms with Crippen LogP contribution in [0, 0.1) is 25.7 Å². The predicted molar refractivity (Wildman–Crippen MR) is 73.5 cm³/mol. The van der Waals surface area contributed by atoms with Gasteiger partial charge in [0.25, 0.3) is 0 Å². The fraction of sp³-hybridized carbons (Fsp3) is 0.714. The van der Waals surface area contributed by atoms with Gasteiger partial charge in [-0.2, -0.15) is 0 Å². The summed E-state index contributed by atoms with van der Waals surface area (Å²) in [6.45, 7) is 6.73. The Balaban J connectivity index is 2.07. The zero-order chi connectivity index (χ0) is 11.7. The second-order valence-corrected chi connectivity index (χ2v) is 7.08. The molecule has 1 aromatic heterocycles. The number of aryl methyl sites for hydroxylation is 2. The largest absolute Gasteiger partial charge is 0.144 e. The molecule has 1 unspecified atom stereocenters. The summed E-state index contributed by atoms with van der Waals surface area (Å²) in [7, 11) is 0. The van der Waals surface area contributed by atoms with Crippen molar-refractivity contribution in [1.82, 2.24) is 0 Å². The lowest BCUT2D eigenvalue weighted by atomic mass is 9.81. The van der Waals surface area contributed by atoms with Gasteiger partial charge in [0.05, 0.1) is 5.38 Å². The zero-order valence-corrected chi connectivity index (χ0v) is 12.0. The molecule has 0 amide bonds. The lowest BCUT2D eigenvalue weighted by Crippen LogP contribution is -2.16. The molecule has 1 saturated carbocycles. The average molecular weight is 257 g/mol. The minimum atomic E-state index is 0.256. The minimum absolute atomic E-state index is 0.256. The highest BCUT2D eigenvalue weighted by molar-refractivity contribution is 7.12. The summed E-state index contributed by atoms with van der Waals surface area (Å²) in [5.74, 6) is 1.61. The molecule has 2 rings (SSSR count). The molecule has 0 aromatic carbocycles. The molecular formula is C14H21ClS. The standard InChI is InChI=1S/C14H21ClS/c1-9-4-6-12(7-5-9)13(15)14-10(2)8-11(3)16-14/h8-9,12-13H,4-7H2,1-3H3. The Morgan fingerprint density at radius 1 is 1.25 bits per heavy atom. The van der Waals surface area contributed by atoms with E-state index < -0.39 is 0 Å². The minimum Gasteiger partial charge on any atom is -0.144 e. The molecule has 16 heavy (non-hydrogen) atoms. The maximum absolute atomic E-state index is 6.66. The van der Waals surface area contributed by atoms with Crippen molar-refractivity contribution >= 4 is 22.9 Å². The van der Waals surface area contributed by atoms with Gasteiger partial charge in [-0.25, -0.2) is 0 Å². The molecule has 1 heterocycles. The van der Waals surface area contributed by atoms with Gasteiger partial charge in [-0.15, -0.1) is 22.9 Å². The highest BCUT2D eigenvalue weighted by Gasteiger charge is 2.27. The molecule has 1 aliphatic carbocycles. The van der Waals surface area contributed by atoms with E-state index in [0.29, 0.717) is 5.92 Å². The predicted octanol–water partition coefficient (Wildman–Crippen LogP) is 5.47. The Morgan fingerprint density at radius 3 is 2.38 bits per heavy atom. The van der Waals surface area contributed by atoms with Crippen LogP contribution in [0.1, 0.15) is 53.3 Å². The monoisotopic (exact) mass is 256 g/mol. The zero-order valence-electron chi connectivity index (χ0n) is 10.4. The molecule has 0 nitrogen and oxygen atoms in total. The van der Waals surface area contributed by atoms with Gasteiger partial charge in [0.15, 0.2) is 0 Å². The normalized spacial score (nSPS) is 28.0. The Kier molecular flexibility index (Phi) is 3.97. The Labute approximate surface area is 108 Å². The lowest BCUT2D eigenvalue weighted by Gasteiger charge is -2.29. The maximum atomic E-state index is 6.66. The van der Waals surface area contributed by atoms with Gasteiger partial charge in [0.1, 0.15) is 0 Å². The van der Waals surface area contributed by atoms with E-state index in [4.69, 9.17) is 11.6 Å². The van der Waals surface area contributed by atoms with E-state index in [2.05, 4.69) is 26.8 Å². The van der Waals surface area contributed by atoms with Crippen LogP contribution in [0.4, 0.5) is 0 Å². The van der Waals surface area contributed by atoms with Crippen molar-refractivity contribution in [2.24, 2.45) is 11.8 Å². The lowest BCUT2D eigenvalue weighted by molar-refractivity contribution is 0.284. The van der Waals surface area contributed by atoms with E-state index in [-0.39, 0.29) is 5.38 Å². The highest BCUT2D eigenvalue weighted by Crippen LogP contribution is 2.43. The topological polar surface area (TPSA) is 0 Å². The number of hydrogen-bond acceptors (Lipinski definition) is 1. The van der Waals surface area contributed by atoms with Crippen molar-refractivity contribution in [3.63, 3.8) is 0 Å². The Morgan fingerprint density at radius 2 is 1.88 bits per heavy atom. The maximum Gasteiger partial charge on any atom is 0.0709 e. The van der Waals surface area contributed by atoms with E-state index in [1.54, 1.807) is 0 Å². The summed E-state index contributed by atoms with van der Waals surface area (Å²) in [4.78, 5) is 2.81. The van der Waals surface area contributed by atoms with Gasteiger partial charge >= 0.3 is 0 Å². The van der Waals surface area contributed by atoms with Gasteiger partial charge in [-0.3, -0.25) is 0 Å². The van der Waals surface area contributed by atoms with Crippen LogP contribution in [0.3, 0.4) is 0 Å².